The highest BCUT2D eigenvalue weighted by Gasteiger charge is 2.40. The third-order valence-corrected chi connectivity index (χ3v) is 7.09. The average Bonchev–Trinajstić information content (AvgIpc) is 2.97. The lowest BCUT2D eigenvalue weighted by atomic mass is 9.77. The van der Waals surface area contributed by atoms with Crippen molar-refractivity contribution in [2.45, 2.75) is 44.5 Å². The number of nitrogens with one attached hydrogen (secondary N) is 1. The second kappa shape index (κ2) is 12.5. The Hall–Kier alpha value is -4.73. The van der Waals surface area contributed by atoms with Crippen LogP contribution in [0.5, 0.6) is 5.75 Å². The summed E-state index contributed by atoms with van der Waals surface area (Å²) in [6.07, 6.45) is -4.72. The summed E-state index contributed by atoms with van der Waals surface area (Å²) in [4.78, 5) is 26.1. The van der Waals surface area contributed by atoms with Crippen molar-refractivity contribution in [1.29, 1.82) is 0 Å². The maximum Gasteiger partial charge on any atom is 0.416 e. The number of hydrogen-bond donors (Lipinski definition) is 1. The molecule has 5 nitrogen and oxygen atoms in total. The van der Waals surface area contributed by atoms with E-state index in [2.05, 4.69) is 5.32 Å². The van der Waals surface area contributed by atoms with Crippen LogP contribution in [0.25, 0.3) is 0 Å². The van der Waals surface area contributed by atoms with Crippen molar-refractivity contribution in [3.63, 3.8) is 0 Å². The normalized spacial score (nSPS) is 13.1. The van der Waals surface area contributed by atoms with Crippen LogP contribution < -0.4 is 10.1 Å². The second-order valence-corrected chi connectivity index (χ2v) is 10.9. The molecule has 0 bridgehead atoms. The monoisotopic (exact) mass is 611 g/mol. The zero-order valence-electron chi connectivity index (χ0n) is 24.4. The van der Waals surface area contributed by atoms with Gasteiger partial charge in [0.05, 0.1) is 18.2 Å². The molecular weight excluding hydrogens is 581 g/mol. The molecule has 0 aliphatic rings. The Morgan fingerprint density at radius 1 is 0.795 bits per heavy atom. The first kappa shape index (κ1) is 32.2. The first-order valence-electron chi connectivity index (χ1n) is 13.5. The van der Waals surface area contributed by atoms with Crippen molar-refractivity contribution >= 4 is 11.9 Å². The highest BCUT2D eigenvalue weighted by molar-refractivity contribution is 5.95. The Morgan fingerprint density at radius 3 is 2.14 bits per heavy atom. The molecule has 0 aliphatic heterocycles. The van der Waals surface area contributed by atoms with Gasteiger partial charge in [-0.1, -0.05) is 48.5 Å². The van der Waals surface area contributed by atoms with Crippen LogP contribution in [0.2, 0.25) is 0 Å². The molecule has 0 radical (unpaired) electrons. The van der Waals surface area contributed by atoms with Gasteiger partial charge >= 0.3 is 12.1 Å². The smallest absolute Gasteiger partial charge is 0.416 e. The average molecular weight is 612 g/mol. The van der Waals surface area contributed by atoms with Crippen molar-refractivity contribution in [2.75, 3.05) is 7.11 Å². The van der Waals surface area contributed by atoms with E-state index in [1.54, 1.807) is 43.3 Å². The fourth-order valence-corrected chi connectivity index (χ4v) is 4.96. The first-order valence-corrected chi connectivity index (χ1v) is 13.5. The summed E-state index contributed by atoms with van der Waals surface area (Å²) < 4.78 is 81.2. The van der Waals surface area contributed by atoms with Crippen LogP contribution in [0, 0.1) is 18.6 Å². The summed E-state index contributed by atoms with van der Waals surface area (Å²) in [6, 6.07) is 20.5. The molecule has 0 aromatic heterocycles. The summed E-state index contributed by atoms with van der Waals surface area (Å²) in [5.74, 6) is -3.50. The lowest BCUT2D eigenvalue weighted by Crippen LogP contribution is -2.49. The zero-order valence-corrected chi connectivity index (χ0v) is 24.4. The maximum absolute atomic E-state index is 15.2. The minimum atomic E-state index is -4.70. The summed E-state index contributed by atoms with van der Waals surface area (Å²) in [5.41, 5.74) is -2.99. The number of hydrogen-bond acceptors (Lipinski definition) is 4. The Bertz CT molecular complexity index is 1650. The summed E-state index contributed by atoms with van der Waals surface area (Å²) in [7, 11) is 1.15. The number of benzene rings is 4. The molecule has 0 unspecified atom stereocenters. The molecule has 4 aromatic carbocycles. The Morgan fingerprint density at radius 2 is 1.50 bits per heavy atom. The van der Waals surface area contributed by atoms with Crippen LogP contribution in [0.4, 0.5) is 22.0 Å². The van der Waals surface area contributed by atoms with Crippen LogP contribution >= 0.6 is 0 Å². The van der Waals surface area contributed by atoms with Gasteiger partial charge in [0.25, 0.3) is 5.91 Å². The lowest BCUT2D eigenvalue weighted by Gasteiger charge is -2.37. The van der Waals surface area contributed by atoms with Crippen LogP contribution in [0.1, 0.15) is 52.0 Å². The molecule has 4 aromatic rings. The Labute approximate surface area is 251 Å². The first-order chi connectivity index (χ1) is 20.6. The van der Waals surface area contributed by atoms with E-state index in [1.807, 2.05) is 0 Å². The fourth-order valence-electron chi connectivity index (χ4n) is 4.96. The maximum atomic E-state index is 15.2. The molecule has 1 amide bonds. The van der Waals surface area contributed by atoms with Gasteiger partial charge in [0.2, 0.25) is 0 Å². The highest BCUT2D eigenvalue weighted by Crippen LogP contribution is 2.38. The number of halogens is 5. The second-order valence-electron chi connectivity index (χ2n) is 10.9. The summed E-state index contributed by atoms with van der Waals surface area (Å²) >= 11 is 0. The standard InChI is InChI=1S/C34H30F5NO4/c1-21-15-26(18-27(35)16-21)33(20-22-9-6-5-7-10-22,40-30(41)23-11-8-12-25(17-23)34(37,38)39)24-13-14-28(36)29(19-24)44-32(2,3)31(42)43-4/h5-19H,20H2,1-4H3,(H,40,41)/t33-/m1/s1. The summed E-state index contributed by atoms with van der Waals surface area (Å²) in [6.45, 7) is 4.41. The Balaban J connectivity index is 1.97. The SMILES string of the molecule is COC(=O)C(C)(C)Oc1cc([C@@](Cc2ccccc2)(NC(=O)c2cccc(C(F)(F)F)c2)c2cc(C)cc(F)c2)ccc1F. The van der Waals surface area contributed by atoms with Gasteiger partial charge in [0, 0.05) is 12.0 Å². The molecule has 0 saturated heterocycles. The molecule has 0 heterocycles. The van der Waals surface area contributed by atoms with Gasteiger partial charge in [0.15, 0.2) is 17.2 Å². The molecule has 4 rings (SSSR count). The van der Waals surface area contributed by atoms with Crippen LogP contribution in [0.3, 0.4) is 0 Å². The Kier molecular flexibility index (Phi) is 9.13. The third-order valence-electron chi connectivity index (χ3n) is 7.09. The molecule has 1 atom stereocenters. The van der Waals surface area contributed by atoms with Gasteiger partial charge < -0.3 is 14.8 Å². The van der Waals surface area contributed by atoms with E-state index in [0.717, 1.165) is 31.4 Å². The van der Waals surface area contributed by atoms with Gasteiger partial charge in [-0.2, -0.15) is 13.2 Å². The molecule has 230 valence electrons. The van der Waals surface area contributed by atoms with Crippen molar-refractivity contribution in [3.05, 3.63) is 136 Å². The van der Waals surface area contributed by atoms with E-state index in [1.165, 1.54) is 44.2 Å². The predicted octanol–water partition coefficient (Wildman–Crippen LogP) is 7.54. The number of rotatable bonds is 9. The van der Waals surface area contributed by atoms with E-state index in [4.69, 9.17) is 9.47 Å². The molecular formula is C34H30F5NO4. The highest BCUT2D eigenvalue weighted by atomic mass is 19.4. The van der Waals surface area contributed by atoms with Gasteiger partial charge in [-0.3, -0.25) is 4.79 Å². The van der Waals surface area contributed by atoms with Crippen LogP contribution in [0.15, 0.2) is 91.0 Å². The summed E-state index contributed by atoms with van der Waals surface area (Å²) in [5, 5.41) is 2.86. The topological polar surface area (TPSA) is 64.6 Å². The third kappa shape index (κ3) is 7.07. The molecule has 0 spiro atoms. The number of methoxy groups -OCH3 is 1. The van der Waals surface area contributed by atoms with Crippen LogP contribution in [-0.4, -0.2) is 24.6 Å². The number of amides is 1. The van der Waals surface area contributed by atoms with Gasteiger partial charge in [-0.05, 0) is 85.5 Å². The number of ether oxygens (including phenoxy) is 2. The quantitative estimate of drug-likeness (QED) is 0.157. The minimum Gasteiger partial charge on any atom is -0.473 e. The van der Waals surface area contributed by atoms with E-state index >= 15 is 4.39 Å². The van der Waals surface area contributed by atoms with Crippen LogP contribution in [-0.2, 0) is 27.7 Å². The molecule has 0 aliphatic carbocycles. The number of carbonyl (C=O) groups is 2. The number of aryl methyl sites for hydroxylation is 1. The van der Waals surface area contributed by atoms with Crippen molar-refractivity contribution in [3.8, 4) is 5.75 Å². The predicted molar refractivity (Wildman–Crippen MR) is 154 cm³/mol. The van der Waals surface area contributed by atoms with E-state index in [9.17, 15) is 27.2 Å². The molecule has 10 heteroatoms. The van der Waals surface area contributed by atoms with Crippen molar-refractivity contribution in [1.82, 2.24) is 5.32 Å². The van der Waals surface area contributed by atoms with E-state index in [-0.39, 0.29) is 28.9 Å². The molecule has 44 heavy (non-hydrogen) atoms. The van der Waals surface area contributed by atoms with Gasteiger partial charge in [-0.15, -0.1) is 0 Å². The number of carbonyl (C=O) groups excluding carboxylic acids is 2. The lowest BCUT2D eigenvalue weighted by molar-refractivity contribution is -0.156. The van der Waals surface area contributed by atoms with E-state index < -0.39 is 46.4 Å². The molecule has 1 N–H and O–H groups in total. The van der Waals surface area contributed by atoms with Crippen molar-refractivity contribution in [2.24, 2.45) is 0 Å². The largest absolute Gasteiger partial charge is 0.473 e. The number of alkyl halides is 3. The fraction of sp³-hybridized carbons (Fsp3) is 0.235. The minimum absolute atomic E-state index is 0.0209. The van der Waals surface area contributed by atoms with Gasteiger partial charge in [0.1, 0.15) is 5.82 Å². The van der Waals surface area contributed by atoms with E-state index in [0.29, 0.717) is 11.1 Å². The number of esters is 1. The van der Waals surface area contributed by atoms with Gasteiger partial charge in [-0.25, -0.2) is 13.6 Å². The zero-order chi connectivity index (χ0) is 32.3. The molecule has 0 fully saturated rings. The van der Waals surface area contributed by atoms with Crippen molar-refractivity contribution < 1.29 is 41.0 Å². The molecule has 0 saturated carbocycles.